The fourth-order valence-corrected chi connectivity index (χ4v) is 5.99. The number of ether oxygens (including phenoxy) is 1. The van der Waals surface area contributed by atoms with Crippen LogP contribution in [-0.4, -0.2) is 67.8 Å². The number of amides is 1. The largest absolute Gasteiger partial charge is 0.379 e. The molecule has 2 aromatic carbocycles. The molecule has 1 N–H and O–H groups in total. The van der Waals surface area contributed by atoms with Gasteiger partial charge in [-0.3, -0.25) is 4.79 Å². The summed E-state index contributed by atoms with van der Waals surface area (Å²) in [5.74, 6) is 0.457. The maximum atomic E-state index is 13.0. The first-order valence-electron chi connectivity index (χ1n) is 11.7. The van der Waals surface area contributed by atoms with E-state index in [4.69, 9.17) is 4.74 Å². The molecule has 2 aliphatic rings. The quantitative estimate of drug-likeness (QED) is 0.565. The third-order valence-electron chi connectivity index (χ3n) is 6.36. The van der Waals surface area contributed by atoms with Crippen molar-refractivity contribution in [1.82, 2.24) is 14.1 Å². The number of hydrogen-bond acceptors (Lipinski definition) is 6. The minimum atomic E-state index is -3.55. The minimum absolute atomic E-state index is 0.156. The van der Waals surface area contributed by atoms with Crippen LogP contribution in [0.15, 0.2) is 53.4 Å². The Morgan fingerprint density at radius 2 is 1.77 bits per heavy atom. The highest BCUT2D eigenvalue weighted by Gasteiger charge is 2.29. The van der Waals surface area contributed by atoms with E-state index >= 15 is 0 Å². The fourth-order valence-electron chi connectivity index (χ4n) is 4.53. The number of nitrogens with zero attached hydrogens (tertiary/aromatic N) is 4. The first-order chi connectivity index (χ1) is 16.8. The molecule has 1 fully saturated rings. The maximum Gasteiger partial charge on any atom is 0.245 e. The van der Waals surface area contributed by atoms with Crippen LogP contribution >= 0.6 is 0 Å². The normalized spacial score (nSPS) is 16.3. The topological polar surface area (TPSA) is 96.8 Å². The number of carbonyl (C=O) groups excluding carboxylic acids is 1. The highest BCUT2D eigenvalue weighted by molar-refractivity contribution is 7.89. The summed E-state index contributed by atoms with van der Waals surface area (Å²) in [6.07, 6.45) is 0.690. The predicted molar refractivity (Wildman–Crippen MR) is 134 cm³/mol. The molecule has 0 saturated carbocycles. The van der Waals surface area contributed by atoms with Gasteiger partial charge in [-0.1, -0.05) is 17.7 Å². The molecule has 10 heteroatoms. The Kier molecular flexibility index (Phi) is 6.35. The zero-order valence-electron chi connectivity index (χ0n) is 19.9. The number of aryl methyl sites for hydroxylation is 2. The molecule has 1 amide bonds. The second-order valence-electron chi connectivity index (χ2n) is 8.95. The molecule has 0 radical (unpaired) electrons. The molecule has 3 aromatic rings. The molecule has 184 valence electrons. The number of aromatic nitrogens is 2. The Hall–Kier alpha value is -3.21. The fraction of sp³-hybridized carbons (Fsp3) is 0.360. The summed E-state index contributed by atoms with van der Waals surface area (Å²) in [5.41, 5.74) is 4.66. The average molecular weight is 496 g/mol. The maximum absolute atomic E-state index is 13.0. The number of morpholine rings is 1. The van der Waals surface area contributed by atoms with E-state index < -0.39 is 10.0 Å². The van der Waals surface area contributed by atoms with E-state index in [1.54, 1.807) is 16.8 Å². The van der Waals surface area contributed by atoms with Crippen molar-refractivity contribution < 1.29 is 17.9 Å². The minimum Gasteiger partial charge on any atom is -0.379 e. The lowest BCUT2D eigenvalue weighted by Crippen LogP contribution is -2.40. The highest BCUT2D eigenvalue weighted by atomic mass is 32.2. The summed E-state index contributed by atoms with van der Waals surface area (Å²) in [6.45, 7) is 6.29. The summed E-state index contributed by atoms with van der Waals surface area (Å²) in [4.78, 5) is 15.2. The van der Waals surface area contributed by atoms with Crippen molar-refractivity contribution in [1.29, 1.82) is 0 Å². The number of hydrogen-bond donors (Lipinski definition) is 1. The molecule has 3 heterocycles. The summed E-state index contributed by atoms with van der Waals surface area (Å²) in [7, 11) is -3.55. The number of sulfonamides is 1. The number of nitrogens with one attached hydrogen (secondary N) is 1. The highest BCUT2D eigenvalue weighted by Crippen LogP contribution is 2.31. The van der Waals surface area contributed by atoms with Crippen molar-refractivity contribution in [3.63, 3.8) is 0 Å². The molecular formula is C25H29N5O4S. The molecule has 2 aliphatic heterocycles. The van der Waals surface area contributed by atoms with Gasteiger partial charge in [0.05, 0.1) is 36.0 Å². The second-order valence-corrected chi connectivity index (χ2v) is 10.9. The van der Waals surface area contributed by atoms with Crippen LogP contribution in [0, 0.1) is 13.8 Å². The molecule has 0 bridgehead atoms. The zero-order chi connectivity index (χ0) is 24.6. The molecule has 0 atom stereocenters. The summed E-state index contributed by atoms with van der Waals surface area (Å²) in [6, 6.07) is 15.0. The van der Waals surface area contributed by atoms with Crippen molar-refractivity contribution in [2.24, 2.45) is 0 Å². The Morgan fingerprint density at radius 3 is 2.51 bits per heavy atom. The Morgan fingerprint density at radius 1 is 1.03 bits per heavy atom. The Labute approximate surface area is 205 Å². The third-order valence-corrected chi connectivity index (χ3v) is 8.26. The van der Waals surface area contributed by atoms with Gasteiger partial charge in [0.25, 0.3) is 0 Å². The Balaban J connectivity index is 1.29. The number of carbonyl (C=O) groups is 1. The van der Waals surface area contributed by atoms with Crippen molar-refractivity contribution in [2.45, 2.75) is 25.2 Å². The first-order valence-corrected chi connectivity index (χ1v) is 13.1. The standard InChI is InChI=1S/C25H29N5O4S/c1-18-3-5-21(6-4-18)30-24(15-19(2)27-30)26-25(31)17-28-10-9-20-16-22(7-8-23(20)28)35(32,33)29-11-13-34-14-12-29/h3-8,15-16H,9-14,17H2,1-2H3,(H,26,31). The molecule has 0 aliphatic carbocycles. The van der Waals surface area contributed by atoms with Gasteiger partial charge in [-0.05, 0) is 56.2 Å². The molecule has 0 unspecified atom stereocenters. The van der Waals surface area contributed by atoms with Crippen LogP contribution in [0.5, 0.6) is 0 Å². The smallest absolute Gasteiger partial charge is 0.245 e. The van der Waals surface area contributed by atoms with Crippen LogP contribution in [0.1, 0.15) is 16.8 Å². The summed E-state index contributed by atoms with van der Waals surface area (Å²) < 4.78 is 34.5. The van der Waals surface area contributed by atoms with Crippen LogP contribution in [0.2, 0.25) is 0 Å². The van der Waals surface area contributed by atoms with E-state index in [1.807, 2.05) is 55.1 Å². The van der Waals surface area contributed by atoms with Crippen molar-refractivity contribution in [2.75, 3.05) is 49.6 Å². The van der Waals surface area contributed by atoms with Crippen LogP contribution in [0.25, 0.3) is 5.69 Å². The van der Waals surface area contributed by atoms with Gasteiger partial charge in [-0.2, -0.15) is 9.40 Å². The average Bonchev–Trinajstić information content (AvgIpc) is 3.42. The molecule has 1 aromatic heterocycles. The first kappa shape index (κ1) is 23.5. The summed E-state index contributed by atoms with van der Waals surface area (Å²) >= 11 is 0. The zero-order valence-corrected chi connectivity index (χ0v) is 20.7. The number of anilines is 2. The van der Waals surface area contributed by atoms with Crippen LogP contribution < -0.4 is 10.2 Å². The van der Waals surface area contributed by atoms with E-state index in [1.165, 1.54) is 4.31 Å². The molecule has 1 saturated heterocycles. The van der Waals surface area contributed by atoms with E-state index in [2.05, 4.69) is 10.4 Å². The number of fused-ring (bicyclic) bond motifs is 1. The van der Waals surface area contributed by atoms with Gasteiger partial charge >= 0.3 is 0 Å². The van der Waals surface area contributed by atoms with Crippen LogP contribution in [-0.2, 0) is 26.0 Å². The lowest BCUT2D eigenvalue weighted by Gasteiger charge is -2.26. The van der Waals surface area contributed by atoms with Crippen molar-refractivity contribution >= 4 is 27.4 Å². The summed E-state index contributed by atoms with van der Waals surface area (Å²) in [5, 5.41) is 7.51. The van der Waals surface area contributed by atoms with Gasteiger partial charge in [0.2, 0.25) is 15.9 Å². The lowest BCUT2D eigenvalue weighted by molar-refractivity contribution is -0.115. The third kappa shape index (κ3) is 4.82. The monoisotopic (exact) mass is 495 g/mol. The predicted octanol–water partition coefficient (Wildman–Crippen LogP) is 2.51. The van der Waals surface area contributed by atoms with E-state index in [0.29, 0.717) is 50.0 Å². The second kappa shape index (κ2) is 9.44. The van der Waals surface area contributed by atoms with Crippen molar-refractivity contribution in [3.8, 4) is 5.69 Å². The molecule has 35 heavy (non-hydrogen) atoms. The molecule has 9 nitrogen and oxygen atoms in total. The van der Waals surface area contributed by atoms with Gasteiger partial charge in [-0.15, -0.1) is 0 Å². The van der Waals surface area contributed by atoms with E-state index in [0.717, 1.165) is 28.2 Å². The van der Waals surface area contributed by atoms with E-state index in [-0.39, 0.29) is 12.5 Å². The SMILES string of the molecule is Cc1ccc(-n2nc(C)cc2NC(=O)CN2CCc3cc(S(=O)(=O)N4CCOCC4)ccc32)cc1. The van der Waals surface area contributed by atoms with E-state index in [9.17, 15) is 13.2 Å². The molecular weight excluding hydrogens is 466 g/mol. The van der Waals surface area contributed by atoms with Crippen LogP contribution in [0.4, 0.5) is 11.5 Å². The van der Waals surface area contributed by atoms with Gasteiger partial charge in [0.1, 0.15) is 5.82 Å². The van der Waals surface area contributed by atoms with Gasteiger partial charge < -0.3 is 15.0 Å². The van der Waals surface area contributed by atoms with Gasteiger partial charge in [-0.25, -0.2) is 13.1 Å². The number of rotatable bonds is 6. The van der Waals surface area contributed by atoms with Crippen LogP contribution in [0.3, 0.4) is 0 Å². The van der Waals surface area contributed by atoms with Gasteiger partial charge in [0, 0.05) is 31.4 Å². The number of benzene rings is 2. The van der Waals surface area contributed by atoms with Crippen molar-refractivity contribution in [3.05, 3.63) is 65.4 Å². The Bertz CT molecular complexity index is 1340. The van der Waals surface area contributed by atoms with Gasteiger partial charge in [0.15, 0.2) is 0 Å². The molecule has 5 rings (SSSR count). The lowest BCUT2D eigenvalue weighted by atomic mass is 10.2. The molecule has 0 spiro atoms.